The Morgan fingerprint density at radius 1 is 1.16 bits per heavy atom. The molecule has 7 nitrogen and oxygen atoms in total. The van der Waals surface area contributed by atoms with Crippen molar-refractivity contribution in [2.75, 3.05) is 38.1 Å². The minimum Gasteiger partial charge on any atom is -0.368 e. The lowest BCUT2D eigenvalue weighted by Crippen LogP contribution is -2.49. The number of hydrazine groups is 1. The normalized spacial score (nSPS) is 20.9. The van der Waals surface area contributed by atoms with Crippen LogP contribution < -0.4 is 10.3 Å². The Balaban J connectivity index is 1.59. The zero-order chi connectivity index (χ0) is 18.1. The average Bonchev–Trinajstić information content (AvgIpc) is 2.84. The second-order valence-corrected chi connectivity index (χ2v) is 6.72. The van der Waals surface area contributed by atoms with E-state index in [2.05, 4.69) is 42.4 Å². The van der Waals surface area contributed by atoms with Crippen molar-refractivity contribution in [1.29, 1.82) is 0 Å². The van der Waals surface area contributed by atoms with Crippen LogP contribution in [-0.4, -0.2) is 60.9 Å². The first-order chi connectivity index (χ1) is 11.9. The highest BCUT2D eigenvalue weighted by Gasteiger charge is 2.39. The third-order valence-corrected chi connectivity index (χ3v) is 5.15. The van der Waals surface area contributed by atoms with Gasteiger partial charge in [-0.2, -0.15) is 0 Å². The number of nitrogens with one attached hydrogen (secondary N) is 1. The molecule has 3 amide bonds. The molecule has 1 aromatic carbocycles. The summed E-state index contributed by atoms with van der Waals surface area (Å²) >= 11 is 0. The Labute approximate surface area is 147 Å². The van der Waals surface area contributed by atoms with Crippen molar-refractivity contribution in [3.8, 4) is 0 Å². The lowest BCUT2D eigenvalue weighted by Gasteiger charge is -2.37. The third-order valence-electron chi connectivity index (χ3n) is 5.15. The van der Waals surface area contributed by atoms with Gasteiger partial charge in [0.15, 0.2) is 0 Å². The van der Waals surface area contributed by atoms with E-state index < -0.39 is 11.8 Å². The van der Waals surface area contributed by atoms with Gasteiger partial charge in [0, 0.05) is 45.3 Å². The Kier molecular flexibility index (Phi) is 4.65. The smallest absolute Gasteiger partial charge is 0.253 e. The Hall–Kier alpha value is -2.57. The lowest BCUT2D eigenvalue weighted by molar-refractivity contribution is -0.139. The number of benzene rings is 1. The fourth-order valence-corrected chi connectivity index (χ4v) is 3.40. The molecule has 134 valence electrons. The fraction of sp³-hybridized carbons (Fsp3) is 0.500. The van der Waals surface area contributed by atoms with Crippen molar-refractivity contribution in [2.24, 2.45) is 5.92 Å². The van der Waals surface area contributed by atoms with Crippen molar-refractivity contribution >= 4 is 23.4 Å². The number of nitrogens with zero attached hydrogens (tertiary/aromatic N) is 3. The summed E-state index contributed by atoms with van der Waals surface area (Å²) in [5, 5.41) is 1.15. The highest BCUT2D eigenvalue weighted by molar-refractivity contribution is 6.07. The predicted molar refractivity (Wildman–Crippen MR) is 93.7 cm³/mol. The van der Waals surface area contributed by atoms with Crippen LogP contribution in [0.4, 0.5) is 5.69 Å². The quantitative estimate of drug-likeness (QED) is 0.809. The topological polar surface area (TPSA) is 73.0 Å². The molecule has 0 spiro atoms. The van der Waals surface area contributed by atoms with Gasteiger partial charge in [-0.1, -0.05) is 12.1 Å². The van der Waals surface area contributed by atoms with Gasteiger partial charge in [-0.05, 0) is 31.0 Å². The van der Waals surface area contributed by atoms with Crippen LogP contribution in [0.1, 0.15) is 17.5 Å². The SMILES string of the molecule is Cc1cccc(N2CCN(C(=O)CC3C(=O)NN(C)C3=O)CC2)c1C. The van der Waals surface area contributed by atoms with Crippen LogP contribution in [0.5, 0.6) is 0 Å². The first-order valence-corrected chi connectivity index (χ1v) is 8.55. The summed E-state index contributed by atoms with van der Waals surface area (Å²) < 4.78 is 0. The van der Waals surface area contributed by atoms with E-state index in [1.807, 2.05) is 0 Å². The number of anilines is 1. The van der Waals surface area contributed by atoms with Crippen LogP contribution in [0, 0.1) is 19.8 Å². The zero-order valence-corrected chi connectivity index (χ0v) is 14.9. The van der Waals surface area contributed by atoms with Crippen molar-refractivity contribution in [2.45, 2.75) is 20.3 Å². The summed E-state index contributed by atoms with van der Waals surface area (Å²) in [4.78, 5) is 40.2. The van der Waals surface area contributed by atoms with E-state index >= 15 is 0 Å². The van der Waals surface area contributed by atoms with Crippen LogP contribution in [0.3, 0.4) is 0 Å². The largest absolute Gasteiger partial charge is 0.368 e. The van der Waals surface area contributed by atoms with Gasteiger partial charge in [0.25, 0.3) is 11.8 Å². The van der Waals surface area contributed by atoms with Gasteiger partial charge in [0.2, 0.25) is 5.91 Å². The summed E-state index contributed by atoms with van der Waals surface area (Å²) in [6, 6.07) is 6.26. The zero-order valence-electron chi connectivity index (χ0n) is 14.9. The number of carbonyl (C=O) groups is 3. The third kappa shape index (κ3) is 3.31. The van der Waals surface area contributed by atoms with Crippen molar-refractivity contribution < 1.29 is 14.4 Å². The number of rotatable bonds is 3. The maximum Gasteiger partial charge on any atom is 0.253 e. The molecule has 1 atom stereocenters. The Morgan fingerprint density at radius 3 is 2.44 bits per heavy atom. The molecule has 0 aromatic heterocycles. The number of hydrogen-bond donors (Lipinski definition) is 1. The number of carbonyl (C=O) groups excluding carboxylic acids is 3. The molecule has 0 bridgehead atoms. The highest BCUT2D eigenvalue weighted by atomic mass is 16.2. The molecule has 0 aliphatic carbocycles. The van der Waals surface area contributed by atoms with Gasteiger partial charge in [0.1, 0.15) is 5.92 Å². The van der Waals surface area contributed by atoms with Crippen molar-refractivity contribution in [3.63, 3.8) is 0 Å². The summed E-state index contributed by atoms with van der Waals surface area (Å²) in [5.74, 6) is -1.76. The van der Waals surface area contributed by atoms with E-state index in [1.54, 1.807) is 4.90 Å². The molecule has 7 heteroatoms. The predicted octanol–water partition coefficient (Wildman–Crippen LogP) is 0.462. The van der Waals surface area contributed by atoms with Gasteiger partial charge in [-0.3, -0.25) is 24.8 Å². The van der Waals surface area contributed by atoms with Gasteiger partial charge in [-0.15, -0.1) is 0 Å². The minimum atomic E-state index is -0.894. The standard InChI is InChI=1S/C18H24N4O3/c1-12-5-4-6-15(13(12)2)21-7-9-22(10-8-21)16(23)11-14-17(24)19-20(3)18(14)25/h4-6,14H,7-11H2,1-3H3,(H,19,24). The molecule has 2 heterocycles. The molecular weight excluding hydrogens is 320 g/mol. The van der Waals surface area contributed by atoms with E-state index in [9.17, 15) is 14.4 Å². The van der Waals surface area contributed by atoms with Crippen LogP contribution in [0.25, 0.3) is 0 Å². The molecule has 2 aliphatic rings. The second kappa shape index (κ2) is 6.74. The molecule has 0 saturated carbocycles. The van der Waals surface area contributed by atoms with Crippen LogP contribution >= 0.6 is 0 Å². The van der Waals surface area contributed by atoms with Crippen molar-refractivity contribution in [3.05, 3.63) is 29.3 Å². The van der Waals surface area contributed by atoms with Crippen LogP contribution in [0.2, 0.25) is 0 Å². The molecule has 2 fully saturated rings. The van der Waals surface area contributed by atoms with E-state index in [0.717, 1.165) is 18.1 Å². The van der Waals surface area contributed by atoms with Crippen LogP contribution in [-0.2, 0) is 14.4 Å². The highest BCUT2D eigenvalue weighted by Crippen LogP contribution is 2.24. The summed E-state index contributed by atoms with van der Waals surface area (Å²) in [6.45, 7) is 6.92. The monoisotopic (exact) mass is 344 g/mol. The number of aryl methyl sites for hydroxylation is 1. The molecule has 3 rings (SSSR count). The van der Waals surface area contributed by atoms with E-state index in [-0.39, 0.29) is 18.2 Å². The number of piperazine rings is 1. The Morgan fingerprint density at radius 2 is 1.84 bits per heavy atom. The van der Waals surface area contributed by atoms with Gasteiger partial charge in [-0.25, -0.2) is 0 Å². The average molecular weight is 344 g/mol. The first kappa shape index (κ1) is 17.3. The van der Waals surface area contributed by atoms with E-state index in [4.69, 9.17) is 0 Å². The van der Waals surface area contributed by atoms with E-state index in [1.165, 1.54) is 23.9 Å². The fourth-order valence-electron chi connectivity index (χ4n) is 3.40. The molecule has 1 aromatic rings. The molecule has 25 heavy (non-hydrogen) atoms. The van der Waals surface area contributed by atoms with Crippen LogP contribution in [0.15, 0.2) is 18.2 Å². The van der Waals surface area contributed by atoms with E-state index in [0.29, 0.717) is 13.1 Å². The van der Waals surface area contributed by atoms with Gasteiger partial charge in [0.05, 0.1) is 0 Å². The maximum absolute atomic E-state index is 12.5. The molecule has 2 saturated heterocycles. The molecule has 1 N–H and O–H groups in total. The first-order valence-electron chi connectivity index (χ1n) is 8.55. The molecule has 2 aliphatic heterocycles. The maximum atomic E-state index is 12.5. The second-order valence-electron chi connectivity index (χ2n) is 6.72. The van der Waals surface area contributed by atoms with Crippen molar-refractivity contribution in [1.82, 2.24) is 15.3 Å². The summed E-state index contributed by atoms with van der Waals surface area (Å²) in [7, 11) is 1.49. The minimum absolute atomic E-state index is 0.0571. The molecule has 0 radical (unpaired) electrons. The molecular formula is C18H24N4O3. The summed E-state index contributed by atoms with van der Waals surface area (Å²) in [6.07, 6.45) is -0.0571. The summed E-state index contributed by atoms with van der Waals surface area (Å²) in [5.41, 5.74) is 6.16. The Bertz CT molecular complexity index is 710. The van der Waals surface area contributed by atoms with Gasteiger partial charge < -0.3 is 9.80 Å². The van der Waals surface area contributed by atoms with Gasteiger partial charge >= 0.3 is 0 Å². The number of hydrogen-bond acceptors (Lipinski definition) is 4. The number of amides is 3. The lowest BCUT2D eigenvalue weighted by atomic mass is 10.0. The molecule has 1 unspecified atom stereocenters.